The minimum atomic E-state index is -1.17. The molecule has 3 heterocycles. The fraction of sp³-hybridized carbons (Fsp3) is 0.706. The third-order valence-corrected chi connectivity index (χ3v) is 13.8. The molecule has 0 radical (unpaired) electrons. The van der Waals surface area contributed by atoms with E-state index in [4.69, 9.17) is 0 Å². The Hall–Kier alpha value is -5.55. The molecule has 11 atom stereocenters. The first-order valence-electron chi connectivity index (χ1n) is 25.4. The van der Waals surface area contributed by atoms with E-state index in [1.165, 1.54) is 16.7 Å². The summed E-state index contributed by atoms with van der Waals surface area (Å²) in [5, 5.41) is 19.9. The van der Waals surface area contributed by atoms with Crippen molar-refractivity contribution in [1.82, 2.24) is 47.0 Å². The Morgan fingerprint density at radius 1 is 0.493 bits per heavy atom. The maximum absolute atomic E-state index is 14.5. The number of rotatable bonds is 11. The lowest BCUT2D eigenvalue weighted by Gasteiger charge is -2.35. The van der Waals surface area contributed by atoms with Crippen LogP contribution < -0.4 is 37.2 Å². The number of nitrogens with zero attached hydrogens (tertiary/aromatic N) is 2. The highest BCUT2D eigenvalue weighted by atomic mass is 16.2. The van der Waals surface area contributed by atoms with E-state index in [1.54, 1.807) is 39.8 Å². The topological polar surface area (TPSA) is 244 Å². The van der Waals surface area contributed by atoms with Crippen molar-refractivity contribution < 1.29 is 43.2 Å². The molecule has 1 aromatic carbocycles. The third-order valence-electron chi connectivity index (χ3n) is 13.8. The molecule has 0 bridgehead atoms. The molecule has 9 amide bonds. The predicted molar refractivity (Wildman–Crippen MR) is 261 cm³/mol. The number of benzene rings is 1. The molecule has 384 valence electrons. The van der Waals surface area contributed by atoms with Crippen molar-refractivity contribution in [1.29, 1.82) is 0 Å². The summed E-state index contributed by atoms with van der Waals surface area (Å²) in [5.41, 5.74) is 0.733. The van der Waals surface area contributed by atoms with Crippen LogP contribution in [0.25, 0.3) is 0 Å². The number of carbonyl (C=O) groups is 9. The minimum absolute atomic E-state index is 0.0646. The Kier molecular flexibility index (Phi) is 21.0. The fourth-order valence-electron chi connectivity index (χ4n) is 9.30. The van der Waals surface area contributed by atoms with Crippen LogP contribution in [0.15, 0.2) is 30.3 Å². The predicted octanol–water partition coefficient (Wildman–Crippen LogP) is 2.48. The quantitative estimate of drug-likeness (QED) is 0.172. The maximum atomic E-state index is 14.5. The highest BCUT2D eigenvalue weighted by Gasteiger charge is 2.45. The van der Waals surface area contributed by atoms with Crippen LogP contribution in [0, 0.1) is 29.6 Å². The lowest BCUT2D eigenvalue weighted by Crippen LogP contribution is -2.62. The number of hydrogen-bond acceptors (Lipinski definition) is 9. The number of carbonyl (C=O) groups excluding carboxylic acids is 9. The third kappa shape index (κ3) is 15.2. The van der Waals surface area contributed by atoms with Crippen LogP contribution in [-0.2, 0) is 49.6 Å². The van der Waals surface area contributed by atoms with E-state index in [9.17, 15) is 43.2 Å². The first-order chi connectivity index (χ1) is 32.6. The first kappa shape index (κ1) is 56.0. The number of amides is 9. The van der Waals surface area contributed by atoms with Crippen LogP contribution in [0.1, 0.15) is 133 Å². The summed E-state index contributed by atoms with van der Waals surface area (Å²) >= 11 is 0. The molecule has 7 N–H and O–H groups in total. The van der Waals surface area contributed by atoms with Gasteiger partial charge in [-0.25, -0.2) is 0 Å². The molecule has 69 heavy (non-hydrogen) atoms. The lowest BCUT2D eigenvalue weighted by atomic mass is 9.93. The second-order valence-corrected chi connectivity index (χ2v) is 20.7. The largest absolute Gasteiger partial charge is 0.343 e. The highest BCUT2D eigenvalue weighted by molar-refractivity contribution is 5.99. The summed E-state index contributed by atoms with van der Waals surface area (Å²) in [6.45, 7) is 20.4. The molecule has 3 aliphatic rings. The van der Waals surface area contributed by atoms with E-state index in [0.29, 0.717) is 38.5 Å². The molecule has 0 aromatic heterocycles. The Bertz CT molecular complexity index is 1980. The molecular formula is C51H81N9O9. The van der Waals surface area contributed by atoms with Gasteiger partial charge in [-0.1, -0.05) is 112 Å². The average Bonchev–Trinajstić information content (AvgIpc) is 4.01. The summed E-state index contributed by atoms with van der Waals surface area (Å²) in [6, 6.07) is -0.672. The lowest BCUT2D eigenvalue weighted by molar-refractivity contribution is -0.148. The Balaban J connectivity index is 1.79. The van der Waals surface area contributed by atoms with E-state index in [1.807, 2.05) is 59.7 Å². The zero-order valence-electron chi connectivity index (χ0n) is 42.8. The van der Waals surface area contributed by atoms with Gasteiger partial charge in [-0.3, -0.25) is 43.2 Å². The number of fused-ring (bicyclic) bond motifs is 2. The molecule has 0 aliphatic carbocycles. The summed E-state index contributed by atoms with van der Waals surface area (Å²) < 4.78 is 0. The van der Waals surface area contributed by atoms with Crippen LogP contribution in [0.2, 0.25) is 0 Å². The van der Waals surface area contributed by atoms with E-state index < -0.39 is 125 Å². The Labute approximate surface area is 409 Å². The Morgan fingerprint density at radius 2 is 0.928 bits per heavy atom. The van der Waals surface area contributed by atoms with Gasteiger partial charge in [0.2, 0.25) is 53.2 Å². The van der Waals surface area contributed by atoms with E-state index >= 15 is 0 Å². The zero-order chi connectivity index (χ0) is 51.3. The van der Waals surface area contributed by atoms with Gasteiger partial charge in [0, 0.05) is 19.5 Å². The smallest absolute Gasteiger partial charge is 0.246 e. The highest BCUT2D eigenvalue weighted by Crippen LogP contribution is 2.27. The molecule has 3 saturated heterocycles. The van der Waals surface area contributed by atoms with Crippen LogP contribution in [-0.4, -0.2) is 130 Å². The van der Waals surface area contributed by atoms with Crippen molar-refractivity contribution in [3.8, 4) is 0 Å². The van der Waals surface area contributed by atoms with Crippen molar-refractivity contribution in [2.24, 2.45) is 29.6 Å². The molecular weight excluding hydrogens is 883 g/mol. The molecule has 1 aromatic rings. The maximum Gasteiger partial charge on any atom is 0.246 e. The zero-order valence-corrected chi connectivity index (χ0v) is 42.8. The average molecular weight is 964 g/mol. The van der Waals surface area contributed by atoms with Gasteiger partial charge in [0.1, 0.15) is 54.4 Å². The molecule has 0 spiro atoms. The Morgan fingerprint density at radius 3 is 1.43 bits per heavy atom. The molecule has 4 rings (SSSR count). The standard InChI is InChI=1S/C51H81N9O9/c1-12-31(9)41-48(66)55-36(26-29(5)6)45(63)56-40(30(7)8)51(69)60-24-18-22-39(60)50(68)59-23-17-21-38(59)47(65)54-37(27-34-19-15-14-16-20-34)44(62)52-33(11)43(61)53-35(25-28(3)4)46(64)57-42(32(10)13-2)49(67)58-41/h14-16,19-20,28-33,35-42H,12-13,17-18,21-27H2,1-11H3,(H,52,62)(H,53,61)(H,54,65)(H,55,66)(H,56,63)(H,57,64)(H,58,67)/t31-,32-,33-,35-,36-,37-,38-,39-,40-,41-,42-/m0/s1. The molecule has 18 heteroatoms. The first-order valence-corrected chi connectivity index (χ1v) is 25.4. The van der Waals surface area contributed by atoms with E-state index in [2.05, 4.69) is 37.2 Å². The molecule has 0 unspecified atom stereocenters. The molecule has 3 aliphatic heterocycles. The van der Waals surface area contributed by atoms with Gasteiger partial charge in [-0.05, 0) is 80.6 Å². The van der Waals surface area contributed by atoms with Crippen LogP contribution in [0.4, 0.5) is 0 Å². The van der Waals surface area contributed by atoms with Crippen LogP contribution in [0.3, 0.4) is 0 Å². The van der Waals surface area contributed by atoms with Crippen molar-refractivity contribution in [3.63, 3.8) is 0 Å². The molecule has 0 saturated carbocycles. The number of hydrogen-bond donors (Lipinski definition) is 7. The molecule has 3 fully saturated rings. The van der Waals surface area contributed by atoms with Gasteiger partial charge in [-0.15, -0.1) is 0 Å². The second kappa shape index (κ2) is 25.9. The van der Waals surface area contributed by atoms with Gasteiger partial charge in [-0.2, -0.15) is 0 Å². The normalized spacial score (nSPS) is 28.7. The van der Waals surface area contributed by atoms with Crippen molar-refractivity contribution >= 4 is 53.2 Å². The van der Waals surface area contributed by atoms with Gasteiger partial charge in [0.15, 0.2) is 0 Å². The van der Waals surface area contributed by atoms with Crippen molar-refractivity contribution in [2.45, 2.75) is 188 Å². The van der Waals surface area contributed by atoms with E-state index in [0.717, 1.165) is 5.56 Å². The van der Waals surface area contributed by atoms with Gasteiger partial charge < -0.3 is 47.0 Å². The second-order valence-electron chi connectivity index (χ2n) is 20.7. The van der Waals surface area contributed by atoms with Crippen molar-refractivity contribution in [3.05, 3.63) is 35.9 Å². The van der Waals surface area contributed by atoms with Gasteiger partial charge in [0.25, 0.3) is 0 Å². The SMILES string of the molecule is CC[C@H](C)[C@@H]1NC(=O)[C@H](CC(C)C)NC(=O)[C@H](C)NC(=O)[C@H](Cc2ccccc2)NC(=O)[C@@H]2CCCN2C(=O)[C@@H]2CCCN2C(=O)[C@H](C(C)C)NC(=O)[C@H](CC(C)C)NC(=O)[C@H]([C@@H](C)CC)NC1=O. The van der Waals surface area contributed by atoms with Gasteiger partial charge >= 0.3 is 0 Å². The fourth-order valence-corrected chi connectivity index (χ4v) is 9.30. The minimum Gasteiger partial charge on any atom is -0.343 e. The number of nitrogens with one attached hydrogen (secondary N) is 7. The summed E-state index contributed by atoms with van der Waals surface area (Å²) in [4.78, 5) is 131. The van der Waals surface area contributed by atoms with Crippen molar-refractivity contribution in [2.75, 3.05) is 13.1 Å². The molecule has 18 nitrogen and oxygen atoms in total. The monoisotopic (exact) mass is 964 g/mol. The summed E-state index contributed by atoms with van der Waals surface area (Å²) in [7, 11) is 0. The summed E-state index contributed by atoms with van der Waals surface area (Å²) in [6.07, 6.45) is 3.11. The summed E-state index contributed by atoms with van der Waals surface area (Å²) in [5.74, 6) is -6.62. The van der Waals surface area contributed by atoms with Gasteiger partial charge in [0.05, 0.1) is 0 Å². The van der Waals surface area contributed by atoms with Crippen LogP contribution in [0.5, 0.6) is 0 Å². The van der Waals surface area contributed by atoms with Crippen LogP contribution >= 0.6 is 0 Å². The van der Waals surface area contributed by atoms with E-state index in [-0.39, 0.29) is 44.2 Å².